The lowest BCUT2D eigenvalue weighted by atomic mass is 9.45. The van der Waals surface area contributed by atoms with E-state index in [9.17, 15) is 23.9 Å². The Morgan fingerprint density at radius 1 is 1.24 bits per heavy atom. The molecule has 4 aliphatic rings. The monoisotopic (exact) mass is 538 g/mol. The van der Waals surface area contributed by atoms with E-state index >= 15 is 8.78 Å². The number of ketones is 1. The molecule has 1 aromatic rings. The van der Waals surface area contributed by atoms with Gasteiger partial charge >= 0.3 is 5.97 Å². The van der Waals surface area contributed by atoms with E-state index in [-0.39, 0.29) is 37.0 Å². The van der Waals surface area contributed by atoms with Gasteiger partial charge in [-0.05, 0) is 80.1 Å². The van der Waals surface area contributed by atoms with Crippen molar-refractivity contribution in [2.75, 3.05) is 6.01 Å². The summed E-state index contributed by atoms with van der Waals surface area (Å²) in [5.41, 5.74) is -6.50. The molecule has 0 spiro atoms. The predicted octanol–water partition coefficient (Wildman–Crippen LogP) is 5.84. The lowest BCUT2D eigenvalue weighted by Crippen LogP contribution is -2.65. The Morgan fingerprint density at radius 3 is 2.62 bits per heavy atom. The van der Waals surface area contributed by atoms with Crippen LogP contribution in [0.4, 0.5) is 13.2 Å². The topological polar surface area (TPSA) is 93.8 Å². The Morgan fingerprint density at radius 2 is 1.97 bits per heavy atom. The molecule has 37 heavy (non-hydrogen) atoms. The fraction of sp³-hybridized carbons (Fsp3) is 0.593. The zero-order valence-corrected chi connectivity index (χ0v) is 21.6. The van der Waals surface area contributed by atoms with E-state index in [2.05, 4.69) is 0 Å². The summed E-state index contributed by atoms with van der Waals surface area (Å²) in [5, 5.41) is 9.52. The summed E-state index contributed by atoms with van der Waals surface area (Å²) in [6.45, 7) is 4.95. The number of alkyl halides is 3. The van der Waals surface area contributed by atoms with Gasteiger partial charge in [0.05, 0.1) is 6.26 Å². The van der Waals surface area contributed by atoms with Gasteiger partial charge in [0.25, 0.3) is 0 Å². The van der Waals surface area contributed by atoms with Gasteiger partial charge in [-0.25, -0.2) is 18.0 Å². The van der Waals surface area contributed by atoms with Crippen molar-refractivity contribution in [1.82, 2.24) is 0 Å². The number of ether oxygens (including phenoxy) is 1. The van der Waals surface area contributed by atoms with Crippen molar-refractivity contribution in [3.05, 3.63) is 47.6 Å². The van der Waals surface area contributed by atoms with Crippen LogP contribution in [0.5, 0.6) is 0 Å². The van der Waals surface area contributed by atoms with Crippen LogP contribution in [0.25, 0.3) is 0 Å². The number of hydrogen-bond donors (Lipinski definition) is 1. The minimum absolute atomic E-state index is 0.00303. The van der Waals surface area contributed by atoms with Crippen LogP contribution in [-0.2, 0) is 14.3 Å². The van der Waals surface area contributed by atoms with Gasteiger partial charge in [-0.15, -0.1) is 0 Å². The maximum Gasteiger partial charge on any atom is 0.375 e. The molecule has 1 N–H and O–H groups in total. The first-order chi connectivity index (χ1) is 17.4. The Bertz CT molecular complexity index is 1210. The van der Waals surface area contributed by atoms with Gasteiger partial charge in [0.15, 0.2) is 11.4 Å². The molecule has 1 aromatic heterocycles. The zero-order valence-electron chi connectivity index (χ0n) is 20.8. The molecular weight excluding hydrogens is 509 g/mol. The van der Waals surface area contributed by atoms with Crippen molar-refractivity contribution in [3.63, 3.8) is 0 Å². The lowest BCUT2D eigenvalue weighted by molar-refractivity contribution is -0.180. The summed E-state index contributed by atoms with van der Waals surface area (Å²) >= 11 is 0.401. The number of aliphatic hydroxyl groups is 1. The first kappa shape index (κ1) is 26.1. The van der Waals surface area contributed by atoms with E-state index < -0.39 is 74.7 Å². The molecular formula is C27H29F3O6S. The molecule has 0 radical (unpaired) electrons. The summed E-state index contributed by atoms with van der Waals surface area (Å²) < 4.78 is 57.5. The third kappa shape index (κ3) is 3.29. The van der Waals surface area contributed by atoms with Gasteiger partial charge in [-0.2, -0.15) is 0 Å². The third-order valence-corrected chi connectivity index (χ3v) is 10.4. The molecule has 0 amide bonds. The molecule has 3 fully saturated rings. The molecule has 10 heteroatoms. The van der Waals surface area contributed by atoms with E-state index in [1.165, 1.54) is 25.3 Å². The standard InChI is InChI=1S/C27H29F3O6S/c1-14-9-15-16-10-18(29)17-11-19(31)20(32)12-25(17,3)26(16,30)7-6-24(15,2)27(14,23(34)37-13-28)36-22(33)21-5-4-8-35-21/h4-5,8,11-12,14-16,18,32H,6-7,9-10,13H2,1-3H3/t14-,15+,16+,18+,24+,25+,26-,27+/m1/s1. The molecule has 3 saturated carbocycles. The minimum Gasteiger partial charge on any atom is -0.504 e. The van der Waals surface area contributed by atoms with E-state index in [4.69, 9.17) is 9.15 Å². The Kier molecular flexibility index (Phi) is 6.01. The number of furan rings is 1. The normalized spacial score (nSPS) is 42.7. The van der Waals surface area contributed by atoms with Crippen LogP contribution in [0.3, 0.4) is 0 Å². The predicted molar refractivity (Wildman–Crippen MR) is 129 cm³/mol. The van der Waals surface area contributed by atoms with Crippen LogP contribution >= 0.6 is 11.8 Å². The Balaban J connectivity index is 1.61. The van der Waals surface area contributed by atoms with E-state index in [1.54, 1.807) is 13.8 Å². The highest BCUT2D eigenvalue weighted by atomic mass is 32.2. The molecule has 0 unspecified atom stereocenters. The summed E-state index contributed by atoms with van der Waals surface area (Å²) in [6, 6.07) is 1.86. The summed E-state index contributed by atoms with van der Waals surface area (Å²) in [7, 11) is 0. The van der Waals surface area contributed by atoms with Crippen molar-refractivity contribution in [2.24, 2.45) is 28.6 Å². The van der Waals surface area contributed by atoms with Crippen LogP contribution in [0.2, 0.25) is 0 Å². The number of hydrogen-bond acceptors (Lipinski definition) is 7. The maximum atomic E-state index is 17.3. The fourth-order valence-corrected chi connectivity index (χ4v) is 8.72. The number of carbonyl (C=O) groups is 3. The molecule has 0 aliphatic heterocycles. The highest BCUT2D eigenvalue weighted by Gasteiger charge is 2.76. The number of allylic oxidation sites excluding steroid dienone is 3. The molecule has 8 atom stereocenters. The molecule has 0 bridgehead atoms. The summed E-state index contributed by atoms with van der Waals surface area (Å²) in [6.07, 6.45) is 1.74. The molecule has 200 valence electrons. The van der Waals surface area contributed by atoms with Crippen molar-refractivity contribution in [1.29, 1.82) is 0 Å². The molecule has 6 nitrogen and oxygen atoms in total. The average Bonchev–Trinajstić information content (AvgIpc) is 3.45. The number of fused-ring (bicyclic) bond motifs is 5. The van der Waals surface area contributed by atoms with Crippen LogP contribution in [0, 0.1) is 28.6 Å². The van der Waals surface area contributed by atoms with Gasteiger partial charge in [-0.3, -0.25) is 9.59 Å². The fourth-order valence-electron chi connectivity index (χ4n) is 7.93. The van der Waals surface area contributed by atoms with Gasteiger partial charge < -0.3 is 14.3 Å². The van der Waals surface area contributed by atoms with Crippen molar-refractivity contribution < 1.29 is 41.8 Å². The molecule has 1 heterocycles. The first-order valence-corrected chi connectivity index (χ1v) is 13.4. The smallest absolute Gasteiger partial charge is 0.375 e. The van der Waals surface area contributed by atoms with E-state index in [0.717, 1.165) is 12.2 Å². The van der Waals surface area contributed by atoms with Gasteiger partial charge in [-0.1, -0.05) is 13.8 Å². The molecule has 4 aliphatic carbocycles. The van der Waals surface area contributed by atoms with Gasteiger partial charge in [0.1, 0.15) is 17.8 Å². The zero-order chi connectivity index (χ0) is 27.0. The van der Waals surface area contributed by atoms with Crippen LogP contribution in [0.15, 0.2) is 46.3 Å². The second-order valence-electron chi connectivity index (χ2n) is 11.2. The van der Waals surface area contributed by atoms with Crippen molar-refractivity contribution >= 4 is 28.6 Å². The summed E-state index contributed by atoms with van der Waals surface area (Å²) in [4.78, 5) is 38.7. The SMILES string of the molecule is C[C@@H]1C[C@H]2[C@@H]3C[C@H](F)C4=CC(=O)C(O)=C[C@]4(C)[C@@]3(F)CC[C@]2(C)[C@@]1(OC(=O)c1ccco1)C(=O)SCF. The highest BCUT2D eigenvalue weighted by molar-refractivity contribution is 8.13. The largest absolute Gasteiger partial charge is 0.504 e. The van der Waals surface area contributed by atoms with E-state index in [0.29, 0.717) is 11.8 Å². The number of carbonyl (C=O) groups excluding carboxylic acids is 3. The molecule has 0 saturated heterocycles. The Labute approximate surface area is 216 Å². The number of thioether (sulfide) groups is 1. The van der Waals surface area contributed by atoms with Crippen LogP contribution in [-0.4, -0.2) is 45.4 Å². The van der Waals surface area contributed by atoms with Crippen LogP contribution in [0.1, 0.15) is 57.0 Å². The second kappa shape index (κ2) is 8.51. The first-order valence-electron chi connectivity index (χ1n) is 12.4. The number of rotatable bonds is 4. The average molecular weight is 539 g/mol. The highest BCUT2D eigenvalue weighted by Crippen LogP contribution is 2.72. The number of esters is 1. The van der Waals surface area contributed by atoms with Gasteiger partial charge in [0, 0.05) is 22.7 Å². The van der Waals surface area contributed by atoms with Crippen LogP contribution < -0.4 is 0 Å². The third-order valence-electron chi connectivity index (χ3n) is 9.74. The van der Waals surface area contributed by atoms with Gasteiger partial charge in [0.2, 0.25) is 16.7 Å². The molecule has 5 rings (SSSR count). The van der Waals surface area contributed by atoms with Crippen molar-refractivity contribution in [2.45, 2.75) is 63.9 Å². The minimum atomic E-state index is -2.03. The Hall–Kier alpha value is -2.49. The number of aliphatic hydroxyl groups excluding tert-OH is 1. The maximum absolute atomic E-state index is 17.3. The van der Waals surface area contributed by atoms with Crippen molar-refractivity contribution in [3.8, 4) is 0 Å². The van der Waals surface area contributed by atoms with E-state index in [1.807, 2.05) is 0 Å². The second-order valence-corrected chi connectivity index (χ2v) is 12.0. The quantitative estimate of drug-likeness (QED) is 0.481. The number of halogens is 3. The summed E-state index contributed by atoms with van der Waals surface area (Å²) in [5.74, 6) is -4.51. The lowest BCUT2D eigenvalue weighted by Gasteiger charge is -2.61. The molecule has 0 aromatic carbocycles.